The summed E-state index contributed by atoms with van der Waals surface area (Å²) in [6.45, 7) is 6.33. The Labute approximate surface area is 113 Å². The highest BCUT2D eigenvalue weighted by Crippen LogP contribution is 2.25. The molecule has 3 N–H and O–H groups in total. The number of nitrogens with two attached hydrogens (primary N) is 1. The van der Waals surface area contributed by atoms with E-state index < -0.39 is 0 Å². The van der Waals surface area contributed by atoms with Crippen molar-refractivity contribution in [3.05, 3.63) is 5.56 Å². The summed E-state index contributed by atoms with van der Waals surface area (Å²) >= 11 is 1.25. The van der Waals surface area contributed by atoms with Gasteiger partial charge in [0, 0.05) is 12.6 Å². The molecule has 0 amide bonds. The highest BCUT2D eigenvalue weighted by atomic mass is 32.1. The predicted octanol–water partition coefficient (Wildman–Crippen LogP) is 2.13. The molecule has 6 heteroatoms. The van der Waals surface area contributed by atoms with E-state index in [1.165, 1.54) is 11.5 Å². The summed E-state index contributed by atoms with van der Waals surface area (Å²) in [7, 11) is 2.13. The first-order valence-electron chi connectivity index (χ1n) is 6.15. The molecule has 0 radical (unpaired) electrons. The zero-order valence-electron chi connectivity index (χ0n) is 11.2. The van der Waals surface area contributed by atoms with Gasteiger partial charge in [0.2, 0.25) is 0 Å². The van der Waals surface area contributed by atoms with E-state index in [4.69, 9.17) is 11.0 Å². The van der Waals surface area contributed by atoms with Crippen LogP contribution in [-0.4, -0.2) is 35.5 Å². The van der Waals surface area contributed by atoms with E-state index in [0.29, 0.717) is 17.4 Å². The first kappa shape index (κ1) is 14.7. The fraction of sp³-hybridized carbons (Fsp3) is 0.667. The third kappa shape index (κ3) is 4.17. The van der Waals surface area contributed by atoms with Crippen LogP contribution in [-0.2, 0) is 0 Å². The highest BCUT2D eigenvalue weighted by molar-refractivity contribution is 7.10. The number of anilines is 2. The van der Waals surface area contributed by atoms with Crippen molar-refractivity contribution in [1.82, 2.24) is 9.27 Å². The number of unbranched alkanes of at least 4 members (excludes halogenated alkanes) is 1. The molecule has 0 fully saturated rings. The molecule has 1 heterocycles. The lowest BCUT2D eigenvalue weighted by atomic mass is 10.2. The zero-order valence-corrected chi connectivity index (χ0v) is 12.0. The van der Waals surface area contributed by atoms with Crippen LogP contribution in [0.4, 0.5) is 10.8 Å². The highest BCUT2D eigenvalue weighted by Gasteiger charge is 2.09. The third-order valence-corrected chi connectivity index (χ3v) is 3.75. The lowest BCUT2D eigenvalue weighted by Crippen LogP contribution is -2.27. The topological polar surface area (TPSA) is 78.0 Å². The number of aromatic nitrogens is 1. The Bertz CT molecular complexity index is 407. The van der Waals surface area contributed by atoms with Crippen molar-refractivity contribution in [2.45, 2.75) is 32.7 Å². The Balaban J connectivity index is 2.24. The van der Waals surface area contributed by atoms with Crippen LogP contribution in [0.5, 0.6) is 0 Å². The number of nitrogen functional groups attached to an aromatic ring is 1. The minimum Gasteiger partial charge on any atom is -0.382 e. The minimum absolute atomic E-state index is 0.324. The maximum atomic E-state index is 8.91. The molecule has 1 aromatic heterocycles. The van der Waals surface area contributed by atoms with Gasteiger partial charge in [0.25, 0.3) is 0 Å². The van der Waals surface area contributed by atoms with E-state index in [1.54, 1.807) is 0 Å². The van der Waals surface area contributed by atoms with Gasteiger partial charge >= 0.3 is 0 Å². The fourth-order valence-electron chi connectivity index (χ4n) is 1.48. The molecule has 18 heavy (non-hydrogen) atoms. The standard InChI is InChI=1S/C12H21N5S/c1-9(2)17(3)7-5-4-6-15-12-10(8-13)11(14)16-18-12/h9,15H,4-7H2,1-3H3,(H2,14,16). The van der Waals surface area contributed by atoms with Gasteiger partial charge in [-0.15, -0.1) is 0 Å². The van der Waals surface area contributed by atoms with Gasteiger partial charge in [0.1, 0.15) is 16.6 Å². The molecule has 0 spiro atoms. The van der Waals surface area contributed by atoms with E-state index in [-0.39, 0.29) is 0 Å². The normalized spacial score (nSPS) is 10.9. The van der Waals surface area contributed by atoms with E-state index >= 15 is 0 Å². The average Bonchev–Trinajstić information content (AvgIpc) is 2.69. The molecule has 0 unspecified atom stereocenters. The number of nitrogens with one attached hydrogen (secondary N) is 1. The Morgan fingerprint density at radius 3 is 2.83 bits per heavy atom. The van der Waals surface area contributed by atoms with Crippen molar-refractivity contribution >= 4 is 22.4 Å². The van der Waals surface area contributed by atoms with Gasteiger partial charge in [-0.1, -0.05) is 0 Å². The fourth-order valence-corrected chi connectivity index (χ4v) is 2.17. The second kappa shape index (κ2) is 7.19. The van der Waals surface area contributed by atoms with E-state index in [9.17, 15) is 0 Å². The van der Waals surface area contributed by atoms with Gasteiger partial charge < -0.3 is 16.0 Å². The zero-order chi connectivity index (χ0) is 13.5. The van der Waals surface area contributed by atoms with Gasteiger partial charge in [-0.25, -0.2) is 0 Å². The molecule has 100 valence electrons. The molecule has 1 rings (SSSR count). The van der Waals surface area contributed by atoms with Crippen molar-refractivity contribution in [1.29, 1.82) is 5.26 Å². The molecule has 0 aliphatic heterocycles. The lowest BCUT2D eigenvalue weighted by Gasteiger charge is -2.20. The van der Waals surface area contributed by atoms with Crippen LogP contribution >= 0.6 is 11.5 Å². The maximum absolute atomic E-state index is 8.91. The Hall–Kier alpha value is -1.32. The van der Waals surface area contributed by atoms with Gasteiger partial charge in [-0.2, -0.15) is 9.64 Å². The van der Waals surface area contributed by atoms with Crippen molar-refractivity contribution in [2.24, 2.45) is 0 Å². The molecule has 0 saturated carbocycles. The number of rotatable bonds is 7. The van der Waals surface area contributed by atoms with E-state index in [2.05, 4.69) is 41.6 Å². The summed E-state index contributed by atoms with van der Waals surface area (Å²) in [5.41, 5.74) is 6.06. The number of nitriles is 1. The second-order valence-electron chi connectivity index (χ2n) is 4.59. The van der Waals surface area contributed by atoms with Gasteiger partial charge in [0.15, 0.2) is 5.82 Å². The number of hydrogen-bond acceptors (Lipinski definition) is 6. The van der Waals surface area contributed by atoms with Crippen molar-refractivity contribution in [3.63, 3.8) is 0 Å². The van der Waals surface area contributed by atoms with Crippen LogP contribution in [0.25, 0.3) is 0 Å². The van der Waals surface area contributed by atoms with Crippen molar-refractivity contribution < 1.29 is 0 Å². The van der Waals surface area contributed by atoms with E-state index in [0.717, 1.165) is 30.9 Å². The average molecular weight is 267 g/mol. The summed E-state index contributed by atoms with van der Waals surface area (Å²) in [6.07, 6.45) is 2.21. The SMILES string of the molecule is CC(C)N(C)CCCCNc1snc(N)c1C#N. The summed E-state index contributed by atoms with van der Waals surface area (Å²) in [4.78, 5) is 2.32. The predicted molar refractivity (Wildman–Crippen MR) is 76.7 cm³/mol. The quantitative estimate of drug-likeness (QED) is 0.740. The summed E-state index contributed by atoms with van der Waals surface area (Å²) in [5, 5.41) is 12.9. The molecular weight excluding hydrogens is 246 g/mol. The molecule has 0 aliphatic rings. The molecule has 1 aromatic rings. The molecule has 0 aromatic carbocycles. The van der Waals surface area contributed by atoms with Crippen LogP contribution < -0.4 is 11.1 Å². The smallest absolute Gasteiger partial charge is 0.157 e. The molecular formula is C12H21N5S. The maximum Gasteiger partial charge on any atom is 0.157 e. The minimum atomic E-state index is 0.324. The lowest BCUT2D eigenvalue weighted by molar-refractivity contribution is 0.269. The van der Waals surface area contributed by atoms with Crippen LogP contribution in [0.3, 0.4) is 0 Å². The summed E-state index contributed by atoms with van der Waals surface area (Å²) in [6, 6.07) is 2.66. The van der Waals surface area contributed by atoms with Crippen LogP contribution in [0.15, 0.2) is 0 Å². The first-order valence-corrected chi connectivity index (χ1v) is 6.93. The number of hydrogen-bond donors (Lipinski definition) is 2. The Morgan fingerprint density at radius 2 is 2.22 bits per heavy atom. The summed E-state index contributed by atoms with van der Waals surface area (Å²) < 4.78 is 3.96. The van der Waals surface area contributed by atoms with Crippen LogP contribution in [0.2, 0.25) is 0 Å². The molecule has 0 bridgehead atoms. The van der Waals surface area contributed by atoms with E-state index in [1.807, 2.05) is 0 Å². The largest absolute Gasteiger partial charge is 0.382 e. The molecule has 0 aliphatic carbocycles. The van der Waals surface area contributed by atoms with Gasteiger partial charge in [-0.05, 0) is 51.8 Å². The second-order valence-corrected chi connectivity index (χ2v) is 5.37. The monoisotopic (exact) mass is 267 g/mol. The molecule has 5 nitrogen and oxygen atoms in total. The van der Waals surface area contributed by atoms with Gasteiger partial charge in [0.05, 0.1) is 0 Å². The van der Waals surface area contributed by atoms with Gasteiger partial charge in [-0.3, -0.25) is 0 Å². The molecule has 0 atom stereocenters. The third-order valence-electron chi connectivity index (χ3n) is 2.93. The Morgan fingerprint density at radius 1 is 1.50 bits per heavy atom. The van der Waals surface area contributed by atoms with Crippen molar-refractivity contribution in [3.8, 4) is 6.07 Å². The van der Waals surface area contributed by atoms with Crippen molar-refractivity contribution in [2.75, 3.05) is 31.2 Å². The van der Waals surface area contributed by atoms with Crippen LogP contribution in [0, 0.1) is 11.3 Å². The molecule has 0 saturated heterocycles. The number of nitrogens with zero attached hydrogens (tertiary/aromatic N) is 3. The Kier molecular flexibility index (Phi) is 5.89. The summed E-state index contributed by atoms with van der Waals surface area (Å²) in [5.74, 6) is 0.324. The first-order chi connectivity index (χ1) is 8.56. The van der Waals surface area contributed by atoms with Crippen LogP contribution in [0.1, 0.15) is 32.3 Å².